The average Bonchev–Trinajstić information content (AvgIpc) is 2.66. The number of aromatic hydroxyl groups is 1. The molecule has 0 atom stereocenters. The van der Waals surface area contributed by atoms with Gasteiger partial charge in [-0.1, -0.05) is 53.7 Å². The number of hydrogen-bond acceptors (Lipinski definition) is 5. The number of rotatable bonds is 3. The number of phenols is 1. The van der Waals surface area contributed by atoms with Gasteiger partial charge in [-0.15, -0.1) is 4.91 Å². The van der Waals surface area contributed by atoms with Crippen molar-refractivity contribution >= 4 is 22.5 Å². The lowest BCUT2D eigenvalue weighted by Crippen LogP contribution is -2.25. The number of carbonyl (C=O) groups is 1. The van der Waals surface area contributed by atoms with E-state index in [2.05, 4.69) is 10.6 Å². The number of nitroso groups, excluding NO2 is 1. The first-order chi connectivity index (χ1) is 14.3. The molecule has 1 amide bonds. The Morgan fingerprint density at radius 3 is 2.19 bits per heavy atom. The highest BCUT2D eigenvalue weighted by atomic mass is 16.3. The third-order valence-electron chi connectivity index (χ3n) is 5.22. The van der Waals surface area contributed by atoms with Crippen LogP contribution in [0, 0.1) is 4.91 Å². The summed E-state index contributed by atoms with van der Waals surface area (Å²) in [6.45, 7) is 12.0. The van der Waals surface area contributed by atoms with Crippen molar-refractivity contribution in [3.8, 4) is 5.75 Å². The van der Waals surface area contributed by atoms with Gasteiger partial charge in [0, 0.05) is 23.3 Å². The molecule has 0 aliphatic carbocycles. The Labute approximate surface area is 180 Å². The number of phenolic OH excluding ortho intramolecular Hbond substituents is 1. The second kappa shape index (κ2) is 7.65. The lowest BCUT2D eigenvalue weighted by Gasteiger charge is -2.28. The van der Waals surface area contributed by atoms with Gasteiger partial charge in [0.2, 0.25) is 5.43 Å². The fourth-order valence-electron chi connectivity index (χ4n) is 3.59. The molecule has 0 aliphatic heterocycles. The molecule has 0 saturated carbocycles. The first-order valence-electron chi connectivity index (χ1n) is 10.0. The summed E-state index contributed by atoms with van der Waals surface area (Å²) < 4.78 is 0.969. The molecule has 2 aromatic carbocycles. The molecule has 0 unspecified atom stereocenters. The average molecular weight is 421 g/mol. The van der Waals surface area contributed by atoms with Crippen LogP contribution in [0.1, 0.15) is 63.0 Å². The fourth-order valence-corrected chi connectivity index (χ4v) is 3.59. The number of carbonyl (C=O) groups excluding carboxylic acids is 1. The van der Waals surface area contributed by atoms with Gasteiger partial charge in [-0.2, -0.15) is 0 Å². The van der Waals surface area contributed by atoms with Crippen LogP contribution >= 0.6 is 0 Å². The molecular formula is C24H27N3O4. The molecule has 0 saturated heterocycles. The fraction of sp³-hybridized carbons (Fsp3) is 0.333. The summed E-state index contributed by atoms with van der Waals surface area (Å²) >= 11 is 0. The lowest BCUT2D eigenvalue weighted by molar-refractivity contribution is 0.102. The van der Waals surface area contributed by atoms with E-state index in [1.807, 2.05) is 47.6 Å². The number of nitrogens with zero attached hydrogens (tertiary/aromatic N) is 2. The summed E-state index contributed by atoms with van der Waals surface area (Å²) in [5.74, 6) is -0.622. The highest BCUT2D eigenvalue weighted by Gasteiger charge is 2.27. The van der Waals surface area contributed by atoms with Crippen molar-refractivity contribution in [1.29, 1.82) is 0 Å². The maximum atomic E-state index is 13.1. The number of anilines is 1. The summed E-state index contributed by atoms with van der Waals surface area (Å²) in [4.78, 5) is 37.2. The summed E-state index contributed by atoms with van der Waals surface area (Å²) in [5.41, 5.74) is 0.950. The number of amides is 1. The standard InChI is InChI=1S/C24H27N3O4/c1-23(2,3)16-11-17(24(4,5)6)20(28)12-18(16)25-22(30)15-13-27(26-31)19-10-8-7-9-14(19)21(15)29/h7-13,28H,1-6H3,(H,25,30). The molecular weight excluding hydrogens is 394 g/mol. The molecule has 3 aromatic rings. The van der Waals surface area contributed by atoms with Crippen LogP contribution in [0.5, 0.6) is 5.75 Å². The normalized spacial score (nSPS) is 12.1. The van der Waals surface area contributed by atoms with Gasteiger partial charge in [-0.05, 0) is 40.2 Å². The van der Waals surface area contributed by atoms with Gasteiger partial charge in [-0.3, -0.25) is 9.59 Å². The van der Waals surface area contributed by atoms with Crippen LogP contribution in [-0.2, 0) is 10.8 Å². The molecule has 1 heterocycles. The van der Waals surface area contributed by atoms with Gasteiger partial charge >= 0.3 is 0 Å². The molecule has 0 spiro atoms. The molecule has 162 valence electrons. The summed E-state index contributed by atoms with van der Waals surface area (Å²) in [5, 5.41) is 16.5. The highest BCUT2D eigenvalue weighted by Crippen LogP contribution is 2.39. The van der Waals surface area contributed by atoms with Gasteiger partial charge < -0.3 is 10.4 Å². The van der Waals surface area contributed by atoms with E-state index in [4.69, 9.17) is 0 Å². The van der Waals surface area contributed by atoms with E-state index < -0.39 is 11.3 Å². The van der Waals surface area contributed by atoms with Crippen molar-refractivity contribution in [2.75, 3.05) is 5.32 Å². The molecule has 7 heteroatoms. The number of para-hydroxylation sites is 1. The minimum Gasteiger partial charge on any atom is -0.508 e. The van der Waals surface area contributed by atoms with Gasteiger partial charge in [0.15, 0.2) is 0 Å². The van der Waals surface area contributed by atoms with Crippen molar-refractivity contribution < 1.29 is 9.90 Å². The zero-order valence-corrected chi connectivity index (χ0v) is 18.6. The summed E-state index contributed by atoms with van der Waals surface area (Å²) in [6, 6.07) is 9.86. The Morgan fingerprint density at radius 2 is 1.61 bits per heavy atom. The van der Waals surface area contributed by atoms with Gasteiger partial charge in [-0.25, -0.2) is 4.68 Å². The third-order valence-corrected chi connectivity index (χ3v) is 5.22. The Morgan fingerprint density at radius 1 is 1.00 bits per heavy atom. The molecule has 0 bridgehead atoms. The van der Waals surface area contributed by atoms with E-state index in [1.165, 1.54) is 6.07 Å². The number of nitrogens with one attached hydrogen (secondary N) is 1. The second-order valence-corrected chi connectivity index (χ2v) is 9.68. The maximum Gasteiger partial charge on any atom is 0.261 e. The predicted molar refractivity (Wildman–Crippen MR) is 123 cm³/mol. The predicted octanol–water partition coefficient (Wildman–Crippen LogP) is 5.08. The molecule has 1 aromatic heterocycles. The molecule has 0 aliphatic rings. The second-order valence-electron chi connectivity index (χ2n) is 9.68. The van der Waals surface area contributed by atoms with Crippen LogP contribution < -0.4 is 10.7 Å². The summed E-state index contributed by atoms with van der Waals surface area (Å²) in [7, 11) is 0. The van der Waals surface area contributed by atoms with Crippen LogP contribution in [0.15, 0.2) is 52.7 Å². The zero-order valence-electron chi connectivity index (χ0n) is 18.6. The number of benzene rings is 2. The topological polar surface area (TPSA) is 101 Å². The largest absolute Gasteiger partial charge is 0.508 e. The summed E-state index contributed by atoms with van der Waals surface area (Å²) in [6.07, 6.45) is 1.13. The molecule has 3 rings (SSSR count). The van der Waals surface area contributed by atoms with Crippen LogP contribution in [0.3, 0.4) is 0 Å². The Hall–Kier alpha value is -3.48. The van der Waals surface area contributed by atoms with E-state index in [9.17, 15) is 19.6 Å². The van der Waals surface area contributed by atoms with Gasteiger partial charge in [0.1, 0.15) is 11.3 Å². The number of pyridine rings is 1. The Bertz CT molecular complexity index is 1240. The van der Waals surface area contributed by atoms with E-state index in [0.29, 0.717) is 11.2 Å². The van der Waals surface area contributed by atoms with E-state index >= 15 is 0 Å². The molecule has 0 fully saturated rings. The number of hydrogen-bond donors (Lipinski definition) is 2. The highest BCUT2D eigenvalue weighted by molar-refractivity contribution is 6.06. The number of aromatic nitrogens is 1. The SMILES string of the molecule is CC(C)(C)c1cc(C(C)(C)C)c(NC(=O)c2cn(N=O)c3ccccc3c2=O)cc1O. The first kappa shape index (κ1) is 22.2. The Kier molecular flexibility index (Phi) is 5.48. The van der Waals surface area contributed by atoms with Crippen LogP contribution in [0.25, 0.3) is 10.9 Å². The molecule has 0 radical (unpaired) electrons. The van der Waals surface area contributed by atoms with Gasteiger partial charge in [0.25, 0.3) is 5.91 Å². The van der Waals surface area contributed by atoms with Crippen molar-refractivity contribution in [1.82, 2.24) is 4.68 Å². The molecule has 31 heavy (non-hydrogen) atoms. The van der Waals surface area contributed by atoms with Crippen molar-refractivity contribution in [2.45, 2.75) is 52.4 Å². The molecule has 2 N–H and O–H groups in total. The van der Waals surface area contributed by atoms with Crippen LogP contribution in [-0.4, -0.2) is 15.7 Å². The van der Waals surface area contributed by atoms with E-state index in [1.54, 1.807) is 24.3 Å². The van der Waals surface area contributed by atoms with Gasteiger partial charge in [0.05, 0.1) is 10.8 Å². The van der Waals surface area contributed by atoms with Crippen molar-refractivity contribution in [3.63, 3.8) is 0 Å². The van der Waals surface area contributed by atoms with Crippen molar-refractivity contribution in [3.05, 3.63) is 74.4 Å². The third kappa shape index (κ3) is 4.21. The lowest BCUT2D eigenvalue weighted by atomic mass is 9.79. The molecule has 7 nitrogen and oxygen atoms in total. The quantitative estimate of drug-likeness (QED) is 0.576. The minimum atomic E-state index is -0.679. The smallest absolute Gasteiger partial charge is 0.261 e. The van der Waals surface area contributed by atoms with Crippen LogP contribution in [0.2, 0.25) is 0 Å². The Balaban J connectivity index is 2.15. The van der Waals surface area contributed by atoms with E-state index in [-0.39, 0.29) is 27.5 Å². The monoisotopic (exact) mass is 421 g/mol. The van der Waals surface area contributed by atoms with E-state index in [0.717, 1.165) is 22.0 Å². The minimum absolute atomic E-state index is 0.0567. The van der Waals surface area contributed by atoms with Crippen molar-refractivity contribution in [2.24, 2.45) is 5.29 Å². The first-order valence-corrected chi connectivity index (χ1v) is 10.0. The maximum absolute atomic E-state index is 13.1. The zero-order chi connectivity index (χ0) is 23.1. The van der Waals surface area contributed by atoms with Crippen LogP contribution in [0.4, 0.5) is 5.69 Å². The number of fused-ring (bicyclic) bond motifs is 1.